The molecule has 7 nitrogen and oxygen atoms in total. The Morgan fingerprint density at radius 2 is 1.85 bits per heavy atom. The molecule has 0 radical (unpaired) electrons. The number of hydrogen-bond donors (Lipinski definition) is 0. The Bertz CT molecular complexity index is 1380. The van der Waals surface area contributed by atoms with Gasteiger partial charge in [0, 0.05) is 56.6 Å². The number of ether oxygens (including phenoxy) is 2. The maximum atomic E-state index is 15.2. The zero-order chi connectivity index (χ0) is 27.3. The Labute approximate surface area is 227 Å². The number of likely N-dealkylation sites (tertiary alicyclic amines) is 1. The summed E-state index contributed by atoms with van der Waals surface area (Å²) in [6.45, 7) is 10.8. The van der Waals surface area contributed by atoms with Crippen LogP contribution in [0.3, 0.4) is 0 Å². The van der Waals surface area contributed by atoms with Crippen molar-refractivity contribution in [3.63, 3.8) is 0 Å². The van der Waals surface area contributed by atoms with Crippen LogP contribution in [0.2, 0.25) is 0 Å². The zero-order valence-electron chi connectivity index (χ0n) is 22.8. The number of carbonyl (C=O) groups excluding carboxylic acids is 1. The van der Waals surface area contributed by atoms with Crippen molar-refractivity contribution in [2.45, 2.75) is 51.6 Å². The maximum Gasteiger partial charge on any atom is 0.254 e. The lowest BCUT2D eigenvalue weighted by Crippen LogP contribution is -2.52. The molecule has 0 N–H and O–H groups in total. The van der Waals surface area contributed by atoms with E-state index >= 15 is 4.39 Å². The van der Waals surface area contributed by atoms with Gasteiger partial charge in [0.15, 0.2) is 0 Å². The van der Waals surface area contributed by atoms with Crippen LogP contribution in [0, 0.1) is 24.6 Å². The monoisotopic (exact) mass is 538 g/mol. The van der Waals surface area contributed by atoms with Crippen molar-refractivity contribution in [1.82, 2.24) is 19.2 Å². The van der Waals surface area contributed by atoms with Gasteiger partial charge >= 0.3 is 0 Å². The summed E-state index contributed by atoms with van der Waals surface area (Å²) in [5.74, 6) is 0.0731. The lowest BCUT2D eigenvalue weighted by atomic mass is 9.84. The van der Waals surface area contributed by atoms with Crippen LogP contribution in [0.15, 0.2) is 30.5 Å². The fourth-order valence-electron chi connectivity index (χ4n) is 6.42. The highest BCUT2D eigenvalue weighted by Gasteiger charge is 2.36. The van der Waals surface area contributed by atoms with E-state index in [1.807, 2.05) is 19.2 Å². The molecule has 5 heterocycles. The number of imidazole rings is 1. The van der Waals surface area contributed by atoms with E-state index < -0.39 is 11.8 Å². The number of morpholine rings is 1. The van der Waals surface area contributed by atoms with Gasteiger partial charge in [-0.2, -0.15) is 4.39 Å². The Morgan fingerprint density at radius 1 is 1.08 bits per heavy atom. The number of aromatic nitrogens is 2. The Hall–Kier alpha value is -2.88. The van der Waals surface area contributed by atoms with E-state index in [0.29, 0.717) is 54.2 Å². The van der Waals surface area contributed by atoms with Gasteiger partial charge in [0.25, 0.3) is 5.91 Å². The van der Waals surface area contributed by atoms with Gasteiger partial charge in [-0.15, -0.1) is 0 Å². The summed E-state index contributed by atoms with van der Waals surface area (Å²) in [6, 6.07) is 6.52. The van der Waals surface area contributed by atoms with E-state index in [4.69, 9.17) is 9.47 Å². The number of carbonyl (C=O) groups is 1. The standard InChI is InChI=1S/C30H36F2N4O3/c1-18-17-39-11-8-35(18)30(37)27-13-24(31)4-5-25(27)26-12-22(16-36-20(3)33-29(32)28(26)36)23-14-34(15-23)19(2)21-6-9-38-10-7-21/h4-5,12-13,16,18-19,21,23H,6-11,14-15,17H2,1-3H3/t18-,19?/m1/s1. The number of nitrogens with zero attached hydrogens (tertiary/aromatic N) is 4. The van der Waals surface area contributed by atoms with Crippen molar-refractivity contribution in [1.29, 1.82) is 0 Å². The molecule has 2 atom stereocenters. The number of hydrogen-bond acceptors (Lipinski definition) is 5. The second kappa shape index (κ2) is 10.6. The van der Waals surface area contributed by atoms with Gasteiger partial charge in [0.1, 0.15) is 17.2 Å². The van der Waals surface area contributed by atoms with Crippen LogP contribution in [0.4, 0.5) is 8.78 Å². The minimum atomic E-state index is -0.597. The van der Waals surface area contributed by atoms with Crippen molar-refractivity contribution < 1.29 is 23.0 Å². The molecule has 208 valence electrons. The van der Waals surface area contributed by atoms with E-state index in [1.54, 1.807) is 22.3 Å². The van der Waals surface area contributed by atoms with Gasteiger partial charge in [-0.1, -0.05) is 6.07 Å². The quantitative estimate of drug-likeness (QED) is 0.473. The molecule has 3 saturated heterocycles. The van der Waals surface area contributed by atoms with Gasteiger partial charge < -0.3 is 18.8 Å². The van der Waals surface area contributed by atoms with E-state index in [2.05, 4.69) is 16.8 Å². The molecule has 2 aromatic heterocycles. The largest absolute Gasteiger partial charge is 0.381 e. The number of fused-ring (bicyclic) bond motifs is 1. The molecule has 1 aromatic carbocycles. The van der Waals surface area contributed by atoms with E-state index in [9.17, 15) is 9.18 Å². The molecule has 9 heteroatoms. The third-order valence-electron chi connectivity index (χ3n) is 8.93. The molecule has 1 unspecified atom stereocenters. The highest BCUT2D eigenvalue weighted by molar-refractivity contribution is 6.03. The summed E-state index contributed by atoms with van der Waals surface area (Å²) < 4.78 is 42.6. The molecule has 0 saturated carbocycles. The first-order chi connectivity index (χ1) is 18.8. The van der Waals surface area contributed by atoms with Crippen LogP contribution >= 0.6 is 0 Å². The number of halogens is 2. The lowest BCUT2D eigenvalue weighted by Gasteiger charge is -2.46. The van der Waals surface area contributed by atoms with Gasteiger partial charge in [-0.05, 0) is 68.9 Å². The van der Waals surface area contributed by atoms with Crippen LogP contribution in [-0.2, 0) is 9.47 Å². The molecule has 39 heavy (non-hydrogen) atoms. The van der Waals surface area contributed by atoms with Crippen LogP contribution < -0.4 is 0 Å². The predicted octanol–water partition coefficient (Wildman–Crippen LogP) is 4.66. The molecule has 3 aliphatic heterocycles. The van der Waals surface area contributed by atoms with Crippen LogP contribution in [-0.4, -0.2) is 83.2 Å². The number of aryl methyl sites for hydroxylation is 1. The van der Waals surface area contributed by atoms with Crippen LogP contribution in [0.1, 0.15) is 54.4 Å². The number of amides is 1. The van der Waals surface area contributed by atoms with Crippen molar-refractivity contribution in [2.24, 2.45) is 5.92 Å². The number of rotatable bonds is 5. The third kappa shape index (κ3) is 4.85. The summed E-state index contributed by atoms with van der Waals surface area (Å²) >= 11 is 0. The van der Waals surface area contributed by atoms with Gasteiger partial charge in [0.2, 0.25) is 5.95 Å². The smallest absolute Gasteiger partial charge is 0.254 e. The van der Waals surface area contributed by atoms with Crippen LogP contribution in [0.5, 0.6) is 0 Å². The summed E-state index contributed by atoms with van der Waals surface area (Å²) in [5, 5.41) is 0. The number of pyridine rings is 1. The first-order valence-corrected chi connectivity index (χ1v) is 14.0. The van der Waals surface area contributed by atoms with E-state index in [0.717, 1.165) is 44.7 Å². The molecular weight excluding hydrogens is 502 g/mol. The van der Waals surface area contributed by atoms with Gasteiger partial charge in [-0.3, -0.25) is 9.69 Å². The minimum Gasteiger partial charge on any atom is -0.381 e. The predicted molar refractivity (Wildman–Crippen MR) is 144 cm³/mol. The molecule has 6 rings (SSSR count). The molecule has 0 bridgehead atoms. The molecular formula is C30H36F2N4O3. The molecule has 3 aromatic rings. The van der Waals surface area contributed by atoms with Crippen molar-refractivity contribution >= 4 is 11.4 Å². The first-order valence-electron chi connectivity index (χ1n) is 14.0. The highest BCUT2D eigenvalue weighted by atomic mass is 19.1. The van der Waals surface area contributed by atoms with Crippen molar-refractivity contribution in [3.05, 3.63) is 59.2 Å². The normalized spacial score (nSPS) is 22.3. The molecule has 3 fully saturated rings. The Kier molecular flexibility index (Phi) is 7.16. The van der Waals surface area contributed by atoms with E-state index in [1.165, 1.54) is 12.1 Å². The van der Waals surface area contributed by atoms with E-state index in [-0.39, 0.29) is 23.4 Å². The second-order valence-corrected chi connectivity index (χ2v) is 11.3. The average molecular weight is 539 g/mol. The van der Waals surface area contributed by atoms with Gasteiger partial charge in [-0.25, -0.2) is 9.37 Å². The summed E-state index contributed by atoms with van der Waals surface area (Å²) in [4.78, 5) is 22.0. The molecule has 1 amide bonds. The molecule has 0 spiro atoms. The van der Waals surface area contributed by atoms with Gasteiger partial charge in [0.05, 0.1) is 24.8 Å². The number of benzene rings is 1. The minimum absolute atomic E-state index is 0.138. The highest BCUT2D eigenvalue weighted by Crippen LogP contribution is 2.38. The maximum absolute atomic E-state index is 15.2. The Balaban J connectivity index is 1.37. The SMILES string of the molecule is Cc1nc(F)c2c(-c3ccc(F)cc3C(=O)N3CCOC[C@H]3C)cc(C3CN(C(C)C4CCOCC4)C3)cn12. The first kappa shape index (κ1) is 26.3. The third-order valence-corrected chi connectivity index (χ3v) is 8.93. The Morgan fingerprint density at radius 3 is 2.59 bits per heavy atom. The molecule has 0 aliphatic carbocycles. The fraction of sp³-hybridized carbons (Fsp3) is 0.533. The lowest BCUT2D eigenvalue weighted by molar-refractivity contribution is 0.00361. The fourth-order valence-corrected chi connectivity index (χ4v) is 6.42. The average Bonchev–Trinajstić information content (AvgIpc) is 3.20. The summed E-state index contributed by atoms with van der Waals surface area (Å²) in [5.41, 5.74) is 2.67. The van der Waals surface area contributed by atoms with Crippen LogP contribution in [0.25, 0.3) is 16.6 Å². The topological polar surface area (TPSA) is 59.3 Å². The van der Waals surface area contributed by atoms with Crippen molar-refractivity contribution in [3.8, 4) is 11.1 Å². The summed E-state index contributed by atoms with van der Waals surface area (Å²) in [6.07, 6.45) is 4.16. The molecule has 3 aliphatic rings. The summed E-state index contributed by atoms with van der Waals surface area (Å²) in [7, 11) is 0. The zero-order valence-corrected chi connectivity index (χ0v) is 22.8. The second-order valence-electron chi connectivity index (χ2n) is 11.3. The van der Waals surface area contributed by atoms with Crippen molar-refractivity contribution in [2.75, 3.05) is 46.1 Å².